The van der Waals surface area contributed by atoms with Crippen LogP contribution in [0.25, 0.3) is 0 Å². The highest BCUT2D eigenvalue weighted by atomic mass is 16.3. The fourth-order valence-electron chi connectivity index (χ4n) is 1.95. The number of anilines is 2. The van der Waals surface area contributed by atoms with Gasteiger partial charge in [-0.3, -0.25) is 0 Å². The molecular weight excluding hydrogens is 214 g/mol. The first kappa shape index (κ1) is 10.2. The van der Waals surface area contributed by atoms with Crippen molar-refractivity contribution in [2.75, 3.05) is 10.6 Å². The summed E-state index contributed by atoms with van der Waals surface area (Å²) in [5.41, 5.74) is 5.73. The molecule has 0 radical (unpaired) electrons. The number of furan rings is 1. The van der Waals surface area contributed by atoms with Gasteiger partial charge < -0.3 is 15.1 Å². The van der Waals surface area contributed by atoms with Crippen LogP contribution in [0.2, 0.25) is 0 Å². The zero-order valence-corrected chi connectivity index (χ0v) is 9.54. The maximum Gasteiger partial charge on any atom is 0.131 e. The Bertz CT molecular complexity index is 491. The Morgan fingerprint density at radius 3 is 2.82 bits per heavy atom. The highest BCUT2D eigenvalue weighted by Crippen LogP contribution is 2.32. The van der Waals surface area contributed by atoms with Gasteiger partial charge in [0.2, 0.25) is 0 Å². The van der Waals surface area contributed by atoms with E-state index >= 15 is 0 Å². The molecule has 1 aliphatic rings. The summed E-state index contributed by atoms with van der Waals surface area (Å²) >= 11 is 0. The third kappa shape index (κ3) is 2.25. The molecule has 1 fully saturated rings. The molecule has 0 aliphatic heterocycles. The van der Waals surface area contributed by atoms with Crippen LogP contribution in [0, 0.1) is 0 Å². The summed E-state index contributed by atoms with van der Waals surface area (Å²) in [6, 6.07) is 10.2. The summed E-state index contributed by atoms with van der Waals surface area (Å²) in [5.74, 6) is 2.46. The van der Waals surface area contributed by atoms with Gasteiger partial charge in [0.15, 0.2) is 0 Å². The fourth-order valence-corrected chi connectivity index (χ4v) is 1.95. The number of aromatic nitrogens is 1. The van der Waals surface area contributed by atoms with Gasteiger partial charge in [0.1, 0.15) is 17.4 Å². The van der Waals surface area contributed by atoms with Crippen LogP contribution < -0.4 is 10.6 Å². The molecule has 0 atom stereocenters. The van der Waals surface area contributed by atoms with Crippen LogP contribution in [-0.4, -0.2) is 11.0 Å². The summed E-state index contributed by atoms with van der Waals surface area (Å²) in [5, 5.41) is 0. The average molecular weight is 229 g/mol. The Balaban J connectivity index is 1.85. The van der Waals surface area contributed by atoms with Crippen molar-refractivity contribution in [2.24, 2.45) is 0 Å². The lowest BCUT2D eigenvalue weighted by molar-refractivity contribution is 0.500. The first-order valence-corrected chi connectivity index (χ1v) is 5.84. The third-order valence-electron chi connectivity index (χ3n) is 2.94. The minimum Gasteiger partial charge on any atom is -0.467 e. The normalized spacial score (nSPS) is 14.8. The topological polar surface area (TPSA) is 55.3 Å². The van der Waals surface area contributed by atoms with Crippen molar-refractivity contribution in [3.63, 3.8) is 0 Å². The van der Waals surface area contributed by atoms with Crippen molar-refractivity contribution in [1.82, 2.24) is 4.98 Å². The fraction of sp³-hybridized carbons (Fsp3) is 0.308. The molecule has 4 nitrogen and oxygen atoms in total. The average Bonchev–Trinajstić information content (AvgIpc) is 3.03. The number of nitrogens with zero attached hydrogens (tertiary/aromatic N) is 2. The van der Waals surface area contributed by atoms with E-state index in [9.17, 15) is 0 Å². The lowest BCUT2D eigenvalue weighted by atomic mass is 10.3. The number of pyridine rings is 1. The highest BCUT2D eigenvalue weighted by molar-refractivity contribution is 5.46. The molecule has 2 aromatic heterocycles. The Morgan fingerprint density at radius 2 is 2.18 bits per heavy atom. The lowest BCUT2D eigenvalue weighted by Gasteiger charge is -2.22. The monoisotopic (exact) mass is 229 g/mol. The molecule has 0 amide bonds. The van der Waals surface area contributed by atoms with Gasteiger partial charge in [-0.2, -0.15) is 0 Å². The van der Waals surface area contributed by atoms with Gasteiger partial charge in [-0.05, 0) is 37.1 Å². The number of rotatable bonds is 4. The smallest absolute Gasteiger partial charge is 0.131 e. The van der Waals surface area contributed by atoms with Gasteiger partial charge in [0.05, 0.1) is 12.8 Å². The second kappa shape index (κ2) is 4.13. The van der Waals surface area contributed by atoms with E-state index in [2.05, 4.69) is 9.88 Å². The van der Waals surface area contributed by atoms with E-state index in [1.54, 1.807) is 6.26 Å². The number of hydrogen-bond donors (Lipinski definition) is 1. The van der Waals surface area contributed by atoms with E-state index in [1.807, 2.05) is 30.3 Å². The molecule has 1 saturated carbocycles. The van der Waals surface area contributed by atoms with Crippen molar-refractivity contribution in [2.45, 2.75) is 25.4 Å². The number of nitrogens with two attached hydrogens (primary N) is 1. The second-order valence-corrected chi connectivity index (χ2v) is 4.36. The zero-order chi connectivity index (χ0) is 11.7. The molecular formula is C13H15N3O. The third-order valence-corrected chi connectivity index (χ3v) is 2.94. The van der Waals surface area contributed by atoms with E-state index in [0.717, 1.165) is 18.1 Å². The Hall–Kier alpha value is -1.97. The first-order valence-electron chi connectivity index (χ1n) is 5.84. The highest BCUT2D eigenvalue weighted by Gasteiger charge is 2.30. The summed E-state index contributed by atoms with van der Waals surface area (Å²) < 4.78 is 5.39. The second-order valence-electron chi connectivity index (χ2n) is 4.36. The van der Waals surface area contributed by atoms with E-state index in [-0.39, 0.29) is 0 Å². The molecule has 2 N–H and O–H groups in total. The Morgan fingerprint density at radius 1 is 1.29 bits per heavy atom. The molecule has 2 heterocycles. The van der Waals surface area contributed by atoms with Crippen LogP contribution in [0.5, 0.6) is 0 Å². The maximum atomic E-state index is 5.73. The molecule has 0 unspecified atom stereocenters. The Labute approximate surface area is 100 Å². The number of nitrogen functional groups attached to an aromatic ring is 1. The van der Waals surface area contributed by atoms with Crippen molar-refractivity contribution < 1.29 is 4.42 Å². The number of hydrogen-bond acceptors (Lipinski definition) is 4. The van der Waals surface area contributed by atoms with Gasteiger partial charge >= 0.3 is 0 Å². The maximum absolute atomic E-state index is 5.73. The van der Waals surface area contributed by atoms with Crippen LogP contribution in [-0.2, 0) is 6.54 Å². The molecule has 4 heteroatoms. The molecule has 3 rings (SSSR count). The van der Waals surface area contributed by atoms with Crippen molar-refractivity contribution in [3.8, 4) is 0 Å². The van der Waals surface area contributed by atoms with Crippen molar-refractivity contribution in [3.05, 3.63) is 42.4 Å². The molecule has 0 aromatic carbocycles. The first-order chi connectivity index (χ1) is 8.33. The molecule has 17 heavy (non-hydrogen) atoms. The van der Waals surface area contributed by atoms with Crippen molar-refractivity contribution in [1.29, 1.82) is 0 Å². The molecule has 2 aromatic rings. The predicted octanol–water partition coefficient (Wildman–Crippen LogP) is 2.43. The van der Waals surface area contributed by atoms with E-state index < -0.39 is 0 Å². The van der Waals surface area contributed by atoms with Gasteiger partial charge in [0.25, 0.3) is 0 Å². The molecule has 0 saturated heterocycles. The van der Waals surface area contributed by atoms with E-state index in [4.69, 9.17) is 10.2 Å². The SMILES string of the molecule is Nc1cccc(N(Cc2ccco2)C2CC2)n1. The summed E-state index contributed by atoms with van der Waals surface area (Å²) in [6.07, 6.45) is 4.14. The summed E-state index contributed by atoms with van der Waals surface area (Å²) in [4.78, 5) is 6.64. The van der Waals surface area contributed by atoms with E-state index in [1.165, 1.54) is 12.8 Å². The van der Waals surface area contributed by atoms with Crippen LogP contribution in [0.15, 0.2) is 41.0 Å². The summed E-state index contributed by atoms with van der Waals surface area (Å²) in [7, 11) is 0. The quantitative estimate of drug-likeness (QED) is 0.874. The standard InChI is InChI=1S/C13H15N3O/c14-12-4-1-5-13(15-12)16(10-6-7-10)9-11-3-2-8-17-11/h1-5,8,10H,6-7,9H2,(H2,14,15). The lowest BCUT2D eigenvalue weighted by Crippen LogP contribution is -2.25. The minimum absolute atomic E-state index is 0.563. The summed E-state index contributed by atoms with van der Waals surface area (Å²) in [6.45, 7) is 0.758. The van der Waals surface area contributed by atoms with Crippen molar-refractivity contribution >= 4 is 11.6 Å². The van der Waals surface area contributed by atoms with Crippen LogP contribution in [0.1, 0.15) is 18.6 Å². The van der Waals surface area contributed by atoms with E-state index in [0.29, 0.717) is 11.9 Å². The van der Waals surface area contributed by atoms with Crippen LogP contribution >= 0.6 is 0 Å². The van der Waals surface area contributed by atoms with Crippen LogP contribution in [0.3, 0.4) is 0 Å². The molecule has 1 aliphatic carbocycles. The largest absolute Gasteiger partial charge is 0.467 e. The van der Waals surface area contributed by atoms with Gasteiger partial charge in [-0.15, -0.1) is 0 Å². The van der Waals surface area contributed by atoms with Crippen LogP contribution in [0.4, 0.5) is 11.6 Å². The minimum atomic E-state index is 0.563. The van der Waals surface area contributed by atoms with Gasteiger partial charge in [-0.1, -0.05) is 6.07 Å². The predicted molar refractivity (Wildman–Crippen MR) is 66.6 cm³/mol. The van der Waals surface area contributed by atoms with Gasteiger partial charge in [0, 0.05) is 6.04 Å². The molecule has 0 spiro atoms. The zero-order valence-electron chi connectivity index (χ0n) is 9.54. The molecule has 88 valence electrons. The van der Waals surface area contributed by atoms with Gasteiger partial charge in [-0.25, -0.2) is 4.98 Å². The molecule has 0 bridgehead atoms. The Kier molecular flexibility index (Phi) is 2.48.